The molecule has 2 aromatic heterocycles. The van der Waals surface area contributed by atoms with Crippen molar-refractivity contribution < 1.29 is 13.2 Å². The highest BCUT2D eigenvalue weighted by Gasteiger charge is 2.31. The van der Waals surface area contributed by atoms with Crippen molar-refractivity contribution in [3.8, 4) is 0 Å². The summed E-state index contributed by atoms with van der Waals surface area (Å²) < 4.78 is 40.1. The third kappa shape index (κ3) is 3.55. The zero-order valence-electron chi connectivity index (χ0n) is 12.6. The molecular weight excluding hydrogens is 307 g/mol. The third-order valence-corrected chi connectivity index (χ3v) is 4.25. The molecule has 1 aliphatic rings. The number of rotatable bonds is 3. The SMILES string of the molecule is O=c1ccc2ncc(C(F)(F)F)cc2n1CCN1CCCCC1. The van der Waals surface area contributed by atoms with Crippen LogP contribution in [0.15, 0.2) is 29.2 Å². The monoisotopic (exact) mass is 325 g/mol. The van der Waals surface area contributed by atoms with Gasteiger partial charge >= 0.3 is 6.18 Å². The van der Waals surface area contributed by atoms with Crippen LogP contribution in [0.2, 0.25) is 0 Å². The largest absolute Gasteiger partial charge is 0.417 e. The van der Waals surface area contributed by atoms with E-state index in [0.29, 0.717) is 18.6 Å². The number of nitrogens with zero attached hydrogens (tertiary/aromatic N) is 3. The molecule has 23 heavy (non-hydrogen) atoms. The number of hydrogen-bond donors (Lipinski definition) is 0. The molecule has 0 N–H and O–H groups in total. The molecule has 1 fully saturated rings. The van der Waals surface area contributed by atoms with Crippen molar-refractivity contribution in [1.29, 1.82) is 0 Å². The predicted octanol–water partition coefficient (Wildman–Crippen LogP) is 2.90. The van der Waals surface area contributed by atoms with Crippen molar-refractivity contribution in [2.75, 3.05) is 19.6 Å². The van der Waals surface area contributed by atoms with E-state index in [2.05, 4.69) is 9.88 Å². The molecule has 3 heterocycles. The van der Waals surface area contributed by atoms with Crippen molar-refractivity contribution in [2.45, 2.75) is 32.0 Å². The Hall–Kier alpha value is -1.89. The van der Waals surface area contributed by atoms with Crippen LogP contribution in [0.5, 0.6) is 0 Å². The maximum Gasteiger partial charge on any atom is 0.417 e. The summed E-state index contributed by atoms with van der Waals surface area (Å²) in [7, 11) is 0. The van der Waals surface area contributed by atoms with Gasteiger partial charge in [0, 0.05) is 25.4 Å². The van der Waals surface area contributed by atoms with E-state index in [1.807, 2.05) is 0 Å². The van der Waals surface area contributed by atoms with Gasteiger partial charge in [0.2, 0.25) is 0 Å². The highest BCUT2D eigenvalue weighted by molar-refractivity contribution is 5.75. The van der Waals surface area contributed by atoms with Crippen LogP contribution in [0.25, 0.3) is 11.0 Å². The van der Waals surface area contributed by atoms with Gasteiger partial charge in [0.15, 0.2) is 0 Å². The fraction of sp³-hybridized carbons (Fsp3) is 0.500. The minimum atomic E-state index is -4.47. The zero-order chi connectivity index (χ0) is 16.4. The van der Waals surface area contributed by atoms with Crippen LogP contribution in [0.3, 0.4) is 0 Å². The van der Waals surface area contributed by atoms with Crippen molar-refractivity contribution in [1.82, 2.24) is 14.5 Å². The summed E-state index contributed by atoms with van der Waals surface area (Å²) in [5, 5.41) is 0. The summed E-state index contributed by atoms with van der Waals surface area (Å²) in [6, 6.07) is 3.84. The van der Waals surface area contributed by atoms with Crippen LogP contribution >= 0.6 is 0 Å². The molecule has 3 rings (SSSR count). The molecule has 1 aliphatic heterocycles. The number of likely N-dealkylation sites (tertiary alicyclic amines) is 1. The Morgan fingerprint density at radius 1 is 1.09 bits per heavy atom. The molecule has 0 aromatic carbocycles. The first-order valence-electron chi connectivity index (χ1n) is 7.74. The summed E-state index contributed by atoms with van der Waals surface area (Å²) in [5.41, 5.74) is -0.487. The fourth-order valence-electron chi connectivity index (χ4n) is 2.98. The van der Waals surface area contributed by atoms with Crippen molar-refractivity contribution in [3.63, 3.8) is 0 Å². The Labute approximate surface area is 131 Å². The summed E-state index contributed by atoms with van der Waals surface area (Å²) in [6.07, 6.45) is -0.190. The van der Waals surface area contributed by atoms with E-state index in [9.17, 15) is 18.0 Å². The third-order valence-electron chi connectivity index (χ3n) is 4.25. The van der Waals surface area contributed by atoms with E-state index < -0.39 is 11.7 Å². The molecule has 4 nitrogen and oxygen atoms in total. The fourth-order valence-corrected chi connectivity index (χ4v) is 2.98. The second kappa shape index (κ2) is 6.31. The lowest BCUT2D eigenvalue weighted by Gasteiger charge is -2.26. The first-order valence-corrected chi connectivity index (χ1v) is 7.74. The van der Waals surface area contributed by atoms with Crippen LogP contribution in [0.4, 0.5) is 13.2 Å². The maximum atomic E-state index is 12.9. The van der Waals surface area contributed by atoms with Gasteiger partial charge in [-0.3, -0.25) is 9.78 Å². The molecule has 0 bridgehead atoms. The first kappa shape index (κ1) is 16.0. The zero-order valence-corrected chi connectivity index (χ0v) is 12.6. The number of fused-ring (bicyclic) bond motifs is 1. The molecule has 0 aliphatic carbocycles. The van der Waals surface area contributed by atoms with E-state index >= 15 is 0 Å². The van der Waals surface area contributed by atoms with Gasteiger partial charge in [0.1, 0.15) is 0 Å². The minimum Gasteiger partial charge on any atom is -0.305 e. The molecule has 0 saturated carbocycles. The Morgan fingerprint density at radius 2 is 1.83 bits per heavy atom. The van der Waals surface area contributed by atoms with E-state index in [1.54, 1.807) is 0 Å². The number of pyridine rings is 2. The normalized spacial score (nSPS) is 16.8. The summed E-state index contributed by atoms with van der Waals surface area (Å²) >= 11 is 0. The van der Waals surface area contributed by atoms with Gasteiger partial charge in [-0.2, -0.15) is 13.2 Å². The molecule has 0 spiro atoms. The Morgan fingerprint density at radius 3 is 2.52 bits per heavy atom. The molecule has 0 amide bonds. The molecular formula is C16H18F3N3O. The topological polar surface area (TPSA) is 38.1 Å². The van der Waals surface area contributed by atoms with E-state index in [4.69, 9.17) is 0 Å². The van der Waals surface area contributed by atoms with Crippen molar-refractivity contribution >= 4 is 11.0 Å². The summed E-state index contributed by atoms with van der Waals surface area (Å²) in [5.74, 6) is 0. The number of aromatic nitrogens is 2. The highest BCUT2D eigenvalue weighted by Crippen LogP contribution is 2.30. The number of halogens is 3. The first-order chi connectivity index (χ1) is 10.9. The lowest BCUT2D eigenvalue weighted by atomic mass is 10.1. The lowest BCUT2D eigenvalue weighted by Crippen LogP contribution is -2.34. The van der Waals surface area contributed by atoms with Gasteiger partial charge in [-0.05, 0) is 38.1 Å². The second-order valence-corrected chi connectivity index (χ2v) is 5.85. The Balaban J connectivity index is 1.93. The van der Waals surface area contributed by atoms with Gasteiger partial charge in [-0.1, -0.05) is 6.42 Å². The molecule has 2 aromatic rings. The van der Waals surface area contributed by atoms with E-state index in [0.717, 1.165) is 38.2 Å². The van der Waals surface area contributed by atoms with Gasteiger partial charge < -0.3 is 9.47 Å². The lowest BCUT2D eigenvalue weighted by molar-refractivity contribution is -0.137. The van der Waals surface area contributed by atoms with Crippen LogP contribution < -0.4 is 5.56 Å². The minimum absolute atomic E-state index is 0.240. The second-order valence-electron chi connectivity index (χ2n) is 5.85. The van der Waals surface area contributed by atoms with Gasteiger partial charge in [0.05, 0.1) is 16.6 Å². The van der Waals surface area contributed by atoms with Crippen LogP contribution in [-0.2, 0) is 12.7 Å². The smallest absolute Gasteiger partial charge is 0.305 e. The average Bonchev–Trinajstić information content (AvgIpc) is 2.53. The quantitative estimate of drug-likeness (QED) is 0.871. The predicted molar refractivity (Wildman–Crippen MR) is 81.3 cm³/mol. The number of hydrogen-bond acceptors (Lipinski definition) is 3. The molecule has 0 unspecified atom stereocenters. The summed E-state index contributed by atoms with van der Waals surface area (Å²) in [6.45, 7) is 2.99. The molecule has 7 heteroatoms. The molecule has 124 valence electrons. The standard InChI is InChI=1S/C16H18F3N3O/c17-16(18,19)12-10-14-13(20-11-12)4-5-15(23)22(14)9-8-21-6-2-1-3-7-21/h4-5,10-11H,1-3,6-9H2. The molecule has 1 saturated heterocycles. The van der Waals surface area contributed by atoms with Gasteiger partial charge in [-0.15, -0.1) is 0 Å². The van der Waals surface area contributed by atoms with Crippen LogP contribution in [-0.4, -0.2) is 34.1 Å². The average molecular weight is 325 g/mol. The highest BCUT2D eigenvalue weighted by atomic mass is 19.4. The van der Waals surface area contributed by atoms with E-state index in [1.165, 1.54) is 23.1 Å². The van der Waals surface area contributed by atoms with E-state index in [-0.39, 0.29) is 11.1 Å². The van der Waals surface area contributed by atoms with Gasteiger partial charge in [-0.25, -0.2) is 0 Å². The summed E-state index contributed by atoms with van der Waals surface area (Å²) in [4.78, 5) is 18.2. The Kier molecular flexibility index (Phi) is 4.39. The van der Waals surface area contributed by atoms with Crippen molar-refractivity contribution in [3.05, 3.63) is 40.3 Å². The molecule has 0 atom stereocenters. The molecule has 0 radical (unpaired) electrons. The Bertz CT molecular complexity index is 748. The number of alkyl halides is 3. The number of piperidine rings is 1. The van der Waals surface area contributed by atoms with Crippen molar-refractivity contribution in [2.24, 2.45) is 0 Å². The van der Waals surface area contributed by atoms with Gasteiger partial charge in [0.25, 0.3) is 5.56 Å². The van der Waals surface area contributed by atoms with Crippen LogP contribution in [0, 0.1) is 0 Å². The maximum absolute atomic E-state index is 12.9. The van der Waals surface area contributed by atoms with Crippen LogP contribution in [0.1, 0.15) is 24.8 Å².